The Labute approximate surface area is 159 Å². The van der Waals surface area contributed by atoms with Crippen LogP contribution in [0.5, 0.6) is 0 Å². The molecule has 4 N–H and O–H groups in total. The quantitative estimate of drug-likeness (QED) is 0.202. The van der Waals surface area contributed by atoms with E-state index in [1.807, 2.05) is 6.07 Å². The number of carboxylic acid groups (broad SMARTS) is 2. The Hall–Kier alpha value is -2.39. The standard InChI is InChI=1S/C17H18N2O5S2/c18-11-5-3-4-10(8-11)9-13-14(20)19(17(25)26-13)7-2-1-6-12(15(21)22)16(23)24/h3-5,8-9,12H,1-2,6-7,18H2,(H,21,22)(H,23,24). The molecule has 1 fully saturated rings. The number of unbranched alkanes of at least 4 members (excludes halogenated alkanes) is 1. The maximum absolute atomic E-state index is 12.5. The fraction of sp³-hybridized carbons (Fsp3) is 0.294. The van der Waals surface area contributed by atoms with Crippen molar-refractivity contribution in [3.8, 4) is 0 Å². The zero-order valence-corrected chi connectivity index (χ0v) is 15.4. The number of carbonyl (C=O) groups is 3. The van der Waals surface area contributed by atoms with Crippen LogP contribution in [0.3, 0.4) is 0 Å². The molecule has 1 aliphatic rings. The van der Waals surface area contributed by atoms with Gasteiger partial charge in [-0.3, -0.25) is 19.3 Å². The third-order valence-corrected chi connectivity index (χ3v) is 5.18. The summed E-state index contributed by atoms with van der Waals surface area (Å²) in [7, 11) is 0. The van der Waals surface area contributed by atoms with Gasteiger partial charge >= 0.3 is 11.9 Å². The predicted molar refractivity (Wildman–Crippen MR) is 103 cm³/mol. The Bertz CT molecular complexity index is 764. The maximum Gasteiger partial charge on any atom is 0.317 e. The van der Waals surface area contributed by atoms with Crippen molar-refractivity contribution in [1.29, 1.82) is 0 Å². The summed E-state index contributed by atoms with van der Waals surface area (Å²) < 4.78 is 0.429. The van der Waals surface area contributed by atoms with Gasteiger partial charge in [-0.05, 0) is 36.6 Å². The van der Waals surface area contributed by atoms with Gasteiger partial charge in [0, 0.05) is 12.2 Å². The Morgan fingerprint density at radius 3 is 2.58 bits per heavy atom. The van der Waals surface area contributed by atoms with Gasteiger partial charge in [0.05, 0.1) is 4.91 Å². The van der Waals surface area contributed by atoms with Gasteiger partial charge in [-0.15, -0.1) is 0 Å². The highest BCUT2D eigenvalue weighted by atomic mass is 32.2. The number of thiocarbonyl (C=S) groups is 1. The van der Waals surface area contributed by atoms with Crippen LogP contribution in [0, 0.1) is 5.92 Å². The predicted octanol–water partition coefficient (Wildman–Crippen LogP) is 2.43. The lowest BCUT2D eigenvalue weighted by atomic mass is 10.0. The van der Waals surface area contributed by atoms with Gasteiger partial charge in [-0.2, -0.15) is 0 Å². The molecule has 1 amide bonds. The summed E-state index contributed by atoms with van der Waals surface area (Å²) in [6.07, 6.45) is 2.57. The first-order valence-corrected chi connectivity index (χ1v) is 9.08. The van der Waals surface area contributed by atoms with Gasteiger partial charge in [-0.1, -0.05) is 42.5 Å². The fourth-order valence-corrected chi connectivity index (χ4v) is 3.77. The molecule has 1 saturated heterocycles. The number of carboxylic acids is 2. The molecule has 1 aliphatic heterocycles. The van der Waals surface area contributed by atoms with Crippen LogP contribution >= 0.6 is 24.0 Å². The van der Waals surface area contributed by atoms with Crippen LogP contribution in [-0.4, -0.2) is 43.8 Å². The number of nitrogens with zero attached hydrogens (tertiary/aromatic N) is 1. The SMILES string of the molecule is Nc1cccc(C=C2SC(=S)N(CCCCC(C(=O)O)C(=O)O)C2=O)c1. The molecule has 0 spiro atoms. The number of benzene rings is 1. The van der Waals surface area contributed by atoms with Gasteiger partial charge < -0.3 is 15.9 Å². The van der Waals surface area contributed by atoms with Gasteiger partial charge in [-0.25, -0.2) is 0 Å². The molecule has 9 heteroatoms. The van der Waals surface area contributed by atoms with Crippen LogP contribution < -0.4 is 5.73 Å². The number of anilines is 1. The molecule has 7 nitrogen and oxygen atoms in total. The van der Waals surface area contributed by atoms with E-state index in [0.29, 0.717) is 34.3 Å². The van der Waals surface area contributed by atoms with Crippen LogP contribution in [0.4, 0.5) is 5.69 Å². The minimum atomic E-state index is -1.43. The van der Waals surface area contributed by atoms with Crippen molar-refractivity contribution < 1.29 is 24.6 Å². The number of amides is 1. The third-order valence-electron chi connectivity index (χ3n) is 3.80. The van der Waals surface area contributed by atoms with Crippen molar-refractivity contribution in [2.75, 3.05) is 12.3 Å². The number of rotatable bonds is 8. The van der Waals surface area contributed by atoms with E-state index in [0.717, 1.165) is 5.56 Å². The molecule has 0 unspecified atom stereocenters. The van der Waals surface area contributed by atoms with E-state index in [-0.39, 0.29) is 12.3 Å². The molecule has 0 radical (unpaired) electrons. The number of carbonyl (C=O) groups excluding carboxylic acids is 1. The van der Waals surface area contributed by atoms with E-state index in [4.69, 9.17) is 28.2 Å². The minimum absolute atomic E-state index is 0.0125. The van der Waals surface area contributed by atoms with Crippen LogP contribution in [0.1, 0.15) is 24.8 Å². The van der Waals surface area contributed by atoms with Gasteiger partial charge in [0.1, 0.15) is 4.32 Å². The Morgan fingerprint density at radius 2 is 1.96 bits per heavy atom. The first-order chi connectivity index (χ1) is 12.3. The number of hydrogen-bond acceptors (Lipinski definition) is 6. The topological polar surface area (TPSA) is 121 Å². The van der Waals surface area contributed by atoms with E-state index in [1.165, 1.54) is 16.7 Å². The lowest BCUT2D eigenvalue weighted by Gasteiger charge is -2.14. The summed E-state index contributed by atoms with van der Waals surface area (Å²) in [6, 6.07) is 7.14. The Balaban J connectivity index is 1.93. The van der Waals surface area contributed by atoms with Crippen LogP contribution in [-0.2, 0) is 14.4 Å². The van der Waals surface area contributed by atoms with E-state index in [1.54, 1.807) is 24.3 Å². The third kappa shape index (κ3) is 5.06. The second-order valence-corrected chi connectivity index (χ2v) is 7.40. The molecule has 0 bridgehead atoms. The summed E-state index contributed by atoms with van der Waals surface area (Å²) >= 11 is 6.43. The van der Waals surface area contributed by atoms with Crippen molar-refractivity contribution in [1.82, 2.24) is 4.90 Å². The first kappa shape index (κ1) is 19.9. The lowest BCUT2D eigenvalue weighted by Crippen LogP contribution is -2.29. The molecule has 0 saturated carbocycles. The van der Waals surface area contributed by atoms with Gasteiger partial charge in [0.25, 0.3) is 5.91 Å². The highest BCUT2D eigenvalue weighted by Gasteiger charge is 2.32. The van der Waals surface area contributed by atoms with Crippen molar-refractivity contribution in [3.05, 3.63) is 34.7 Å². The molecular formula is C17H18N2O5S2. The molecule has 138 valence electrons. The van der Waals surface area contributed by atoms with Crippen molar-refractivity contribution >= 4 is 57.9 Å². The Kier molecular flexibility index (Phi) is 6.76. The lowest BCUT2D eigenvalue weighted by molar-refractivity contribution is -0.154. The number of nitrogen functional groups attached to an aromatic ring is 1. The van der Waals surface area contributed by atoms with Gasteiger partial charge in [0.2, 0.25) is 0 Å². The smallest absolute Gasteiger partial charge is 0.317 e. The highest BCUT2D eigenvalue weighted by Crippen LogP contribution is 2.33. The molecule has 1 heterocycles. The average molecular weight is 394 g/mol. The molecule has 0 atom stereocenters. The summed E-state index contributed by atoms with van der Waals surface area (Å²) in [5.41, 5.74) is 7.13. The molecule has 1 aromatic rings. The second kappa shape index (κ2) is 8.81. The molecule has 1 aromatic carbocycles. The fourth-order valence-electron chi connectivity index (χ4n) is 2.46. The average Bonchev–Trinajstić information content (AvgIpc) is 2.81. The zero-order chi connectivity index (χ0) is 19.3. The summed E-state index contributed by atoms with van der Waals surface area (Å²) in [4.78, 5) is 36.1. The van der Waals surface area contributed by atoms with Crippen LogP contribution in [0.15, 0.2) is 29.2 Å². The van der Waals surface area contributed by atoms with E-state index in [9.17, 15) is 14.4 Å². The van der Waals surface area contributed by atoms with E-state index in [2.05, 4.69) is 0 Å². The number of nitrogens with two attached hydrogens (primary N) is 1. The first-order valence-electron chi connectivity index (χ1n) is 7.86. The highest BCUT2D eigenvalue weighted by molar-refractivity contribution is 8.26. The normalized spacial score (nSPS) is 15.9. The van der Waals surface area contributed by atoms with Crippen LogP contribution in [0.25, 0.3) is 6.08 Å². The van der Waals surface area contributed by atoms with E-state index < -0.39 is 17.9 Å². The van der Waals surface area contributed by atoms with Crippen molar-refractivity contribution in [2.24, 2.45) is 5.92 Å². The van der Waals surface area contributed by atoms with Crippen molar-refractivity contribution in [2.45, 2.75) is 19.3 Å². The molecule has 2 rings (SSSR count). The molecule has 26 heavy (non-hydrogen) atoms. The summed E-state index contributed by atoms with van der Waals surface area (Å²) in [5, 5.41) is 17.7. The summed E-state index contributed by atoms with van der Waals surface area (Å²) in [6.45, 7) is 0.324. The molecule has 0 aliphatic carbocycles. The largest absolute Gasteiger partial charge is 0.481 e. The molecule has 0 aromatic heterocycles. The number of hydrogen-bond donors (Lipinski definition) is 3. The minimum Gasteiger partial charge on any atom is -0.481 e. The van der Waals surface area contributed by atoms with E-state index >= 15 is 0 Å². The maximum atomic E-state index is 12.5. The zero-order valence-electron chi connectivity index (χ0n) is 13.8. The number of thioether (sulfide) groups is 1. The molecular weight excluding hydrogens is 376 g/mol. The van der Waals surface area contributed by atoms with Crippen molar-refractivity contribution in [3.63, 3.8) is 0 Å². The second-order valence-electron chi connectivity index (χ2n) is 5.73. The van der Waals surface area contributed by atoms with Crippen LogP contribution in [0.2, 0.25) is 0 Å². The monoisotopic (exact) mass is 394 g/mol. The number of aliphatic carboxylic acids is 2. The van der Waals surface area contributed by atoms with Gasteiger partial charge in [0.15, 0.2) is 5.92 Å². The summed E-state index contributed by atoms with van der Waals surface area (Å²) in [5.74, 6) is -4.35. The Morgan fingerprint density at radius 1 is 1.27 bits per heavy atom.